The van der Waals surface area contributed by atoms with Gasteiger partial charge in [-0.05, 0) is 24.3 Å². The van der Waals surface area contributed by atoms with E-state index in [2.05, 4.69) is 5.32 Å². The number of amides is 1. The fourth-order valence-corrected chi connectivity index (χ4v) is 4.25. The van der Waals surface area contributed by atoms with Crippen molar-refractivity contribution in [3.63, 3.8) is 0 Å². The van der Waals surface area contributed by atoms with Gasteiger partial charge in [-0.2, -0.15) is 4.31 Å². The van der Waals surface area contributed by atoms with E-state index in [1.165, 1.54) is 10.4 Å². The Labute approximate surface area is 152 Å². The van der Waals surface area contributed by atoms with Gasteiger partial charge >= 0.3 is 0 Å². The van der Waals surface area contributed by atoms with Gasteiger partial charge in [-0.3, -0.25) is 4.79 Å². The molecule has 1 fully saturated rings. The fraction of sp³-hybridized carbons (Fsp3) is 0.278. The molecule has 1 N–H and O–H groups in total. The molecule has 6 nitrogen and oxygen atoms in total. The lowest BCUT2D eigenvalue weighted by atomic mass is 10.3. The molecule has 1 amide bonds. The van der Waals surface area contributed by atoms with Gasteiger partial charge in [0.05, 0.1) is 17.1 Å². The first-order valence-corrected chi connectivity index (χ1v) is 9.74. The van der Waals surface area contributed by atoms with E-state index in [1.54, 1.807) is 53.4 Å². The smallest absolute Gasteiger partial charge is 0.243 e. The molecule has 1 heterocycles. The Balaban J connectivity index is 1.55. The molecule has 2 aromatic rings. The van der Waals surface area contributed by atoms with E-state index in [0.717, 1.165) is 0 Å². The summed E-state index contributed by atoms with van der Waals surface area (Å²) < 4.78 is 40.1. The van der Waals surface area contributed by atoms with Crippen LogP contribution in [0.1, 0.15) is 0 Å². The molecule has 138 valence electrons. The maximum Gasteiger partial charge on any atom is 0.243 e. The lowest BCUT2D eigenvalue weighted by molar-refractivity contribution is -0.130. The average molecular weight is 377 g/mol. The second-order valence-electron chi connectivity index (χ2n) is 5.93. The highest BCUT2D eigenvalue weighted by Crippen LogP contribution is 2.17. The van der Waals surface area contributed by atoms with Crippen molar-refractivity contribution in [2.24, 2.45) is 0 Å². The zero-order valence-corrected chi connectivity index (χ0v) is 15.0. The summed E-state index contributed by atoms with van der Waals surface area (Å²) in [6.45, 7) is 1.06. The van der Waals surface area contributed by atoms with E-state index < -0.39 is 15.8 Å². The van der Waals surface area contributed by atoms with Crippen LogP contribution in [0.25, 0.3) is 0 Å². The SMILES string of the molecule is O=C(CNc1ccccc1F)N1CCN(S(=O)(=O)c2ccccc2)CC1. The van der Waals surface area contributed by atoms with Crippen molar-refractivity contribution in [2.45, 2.75) is 4.90 Å². The second-order valence-corrected chi connectivity index (χ2v) is 7.87. The van der Waals surface area contributed by atoms with E-state index in [4.69, 9.17) is 0 Å². The summed E-state index contributed by atoms with van der Waals surface area (Å²) in [5.41, 5.74) is 0.270. The maximum absolute atomic E-state index is 13.6. The van der Waals surface area contributed by atoms with Gasteiger partial charge in [0.15, 0.2) is 0 Å². The van der Waals surface area contributed by atoms with Crippen LogP contribution in [0, 0.1) is 5.82 Å². The minimum absolute atomic E-state index is 0.0353. The number of carbonyl (C=O) groups is 1. The summed E-state index contributed by atoms with van der Waals surface area (Å²) in [6, 6.07) is 14.4. The summed E-state index contributed by atoms with van der Waals surface area (Å²) in [4.78, 5) is 14.1. The number of hydrogen-bond donors (Lipinski definition) is 1. The highest BCUT2D eigenvalue weighted by atomic mass is 32.2. The third kappa shape index (κ3) is 4.03. The predicted octanol–water partition coefficient (Wildman–Crippen LogP) is 1.77. The molecule has 3 rings (SSSR count). The Morgan fingerprint density at radius 2 is 1.58 bits per heavy atom. The zero-order valence-electron chi connectivity index (χ0n) is 14.1. The number of anilines is 1. The topological polar surface area (TPSA) is 69.7 Å². The third-order valence-electron chi connectivity index (χ3n) is 4.28. The van der Waals surface area contributed by atoms with Gasteiger partial charge in [0.1, 0.15) is 5.82 Å². The van der Waals surface area contributed by atoms with Gasteiger partial charge in [-0.25, -0.2) is 12.8 Å². The number of piperazine rings is 1. The third-order valence-corrected chi connectivity index (χ3v) is 6.19. The second kappa shape index (κ2) is 7.84. The van der Waals surface area contributed by atoms with Crippen molar-refractivity contribution < 1.29 is 17.6 Å². The molecule has 0 aliphatic carbocycles. The number of halogens is 1. The predicted molar refractivity (Wildman–Crippen MR) is 96.7 cm³/mol. The van der Waals surface area contributed by atoms with E-state index in [1.807, 2.05) is 0 Å². The van der Waals surface area contributed by atoms with Crippen LogP contribution < -0.4 is 5.32 Å². The molecule has 0 saturated carbocycles. The highest BCUT2D eigenvalue weighted by Gasteiger charge is 2.29. The molecule has 0 unspecified atom stereocenters. The van der Waals surface area contributed by atoms with Gasteiger partial charge in [0.25, 0.3) is 0 Å². The van der Waals surface area contributed by atoms with Gasteiger partial charge in [-0.15, -0.1) is 0 Å². The molecule has 2 aromatic carbocycles. The summed E-state index contributed by atoms with van der Waals surface area (Å²) in [6.07, 6.45) is 0. The van der Waals surface area contributed by atoms with Crippen molar-refractivity contribution >= 4 is 21.6 Å². The van der Waals surface area contributed by atoms with Crippen LogP contribution >= 0.6 is 0 Å². The monoisotopic (exact) mass is 377 g/mol. The van der Waals surface area contributed by atoms with Crippen molar-refractivity contribution in [3.8, 4) is 0 Å². The van der Waals surface area contributed by atoms with Crippen LogP contribution in [0.15, 0.2) is 59.5 Å². The van der Waals surface area contributed by atoms with Crippen molar-refractivity contribution in [2.75, 3.05) is 38.0 Å². The molecule has 0 radical (unpaired) electrons. The minimum atomic E-state index is -3.54. The summed E-state index contributed by atoms with van der Waals surface area (Å²) >= 11 is 0. The first kappa shape index (κ1) is 18.3. The Morgan fingerprint density at radius 3 is 2.23 bits per heavy atom. The number of carbonyl (C=O) groups excluding carboxylic acids is 1. The zero-order chi connectivity index (χ0) is 18.6. The molecule has 0 aromatic heterocycles. The van der Waals surface area contributed by atoms with Crippen LogP contribution in [0.3, 0.4) is 0 Å². The van der Waals surface area contributed by atoms with Crippen LogP contribution in [0.5, 0.6) is 0 Å². The Bertz CT molecular complexity index is 866. The number of rotatable bonds is 5. The molecule has 26 heavy (non-hydrogen) atoms. The standard InChI is InChI=1S/C18H20FN3O3S/c19-16-8-4-5-9-17(16)20-14-18(23)21-10-12-22(13-11-21)26(24,25)15-6-2-1-3-7-15/h1-9,20H,10-14H2. The molecule has 1 aliphatic heterocycles. The molecule has 0 atom stereocenters. The summed E-state index contributed by atoms with van der Waals surface area (Å²) in [5.74, 6) is -0.607. The lowest BCUT2D eigenvalue weighted by Gasteiger charge is -2.34. The Morgan fingerprint density at radius 1 is 0.962 bits per heavy atom. The van der Waals surface area contributed by atoms with Crippen LogP contribution in [0.4, 0.5) is 10.1 Å². The Hall–Kier alpha value is -2.45. The molecule has 0 spiro atoms. The highest BCUT2D eigenvalue weighted by molar-refractivity contribution is 7.89. The number of nitrogens with one attached hydrogen (secondary N) is 1. The maximum atomic E-state index is 13.6. The van der Waals surface area contributed by atoms with Crippen LogP contribution in [-0.4, -0.2) is 56.3 Å². The van der Waals surface area contributed by atoms with Crippen LogP contribution in [0.2, 0.25) is 0 Å². The van der Waals surface area contributed by atoms with Gasteiger partial charge in [-0.1, -0.05) is 30.3 Å². The molecular formula is C18H20FN3O3S. The molecule has 0 bridgehead atoms. The number of nitrogens with zero attached hydrogens (tertiary/aromatic N) is 2. The quantitative estimate of drug-likeness (QED) is 0.862. The number of hydrogen-bond acceptors (Lipinski definition) is 4. The van der Waals surface area contributed by atoms with Crippen molar-refractivity contribution in [3.05, 3.63) is 60.4 Å². The molecular weight excluding hydrogens is 357 g/mol. The van der Waals surface area contributed by atoms with Gasteiger partial charge in [0, 0.05) is 26.2 Å². The van der Waals surface area contributed by atoms with Crippen LogP contribution in [-0.2, 0) is 14.8 Å². The van der Waals surface area contributed by atoms with E-state index in [0.29, 0.717) is 13.1 Å². The number of para-hydroxylation sites is 1. The molecule has 8 heteroatoms. The van der Waals surface area contributed by atoms with E-state index in [9.17, 15) is 17.6 Å². The van der Waals surface area contributed by atoms with Crippen molar-refractivity contribution in [1.29, 1.82) is 0 Å². The number of sulfonamides is 1. The summed E-state index contributed by atoms with van der Waals surface area (Å²) in [7, 11) is -3.54. The van der Waals surface area contributed by atoms with E-state index in [-0.39, 0.29) is 36.1 Å². The summed E-state index contributed by atoms with van der Waals surface area (Å²) in [5, 5.41) is 2.78. The normalized spacial score (nSPS) is 15.7. The van der Waals surface area contributed by atoms with Gasteiger partial charge in [0.2, 0.25) is 15.9 Å². The van der Waals surface area contributed by atoms with Gasteiger partial charge < -0.3 is 10.2 Å². The first-order chi connectivity index (χ1) is 12.5. The fourth-order valence-electron chi connectivity index (χ4n) is 2.81. The lowest BCUT2D eigenvalue weighted by Crippen LogP contribution is -2.51. The minimum Gasteiger partial charge on any atom is -0.374 e. The first-order valence-electron chi connectivity index (χ1n) is 8.30. The number of benzene rings is 2. The van der Waals surface area contributed by atoms with E-state index >= 15 is 0 Å². The molecule has 1 aliphatic rings. The average Bonchev–Trinajstić information content (AvgIpc) is 2.68. The Kier molecular flexibility index (Phi) is 5.53. The van der Waals surface area contributed by atoms with Crippen molar-refractivity contribution in [1.82, 2.24) is 9.21 Å². The largest absolute Gasteiger partial charge is 0.374 e. The molecule has 1 saturated heterocycles.